The zero-order chi connectivity index (χ0) is 26.2. The Bertz CT molecular complexity index is 1180. The summed E-state index contributed by atoms with van der Waals surface area (Å²) in [5, 5.41) is 23.1. The SMILES string of the molecule is O=C(NCc1ccc(OCc2cccc(F)c2)cc1)C(O)[C@@H](O)C(=O)N1CCN(c2ccccc2)CC1. The number of nitrogens with one attached hydrogen (secondary N) is 1. The van der Waals surface area contributed by atoms with Gasteiger partial charge < -0.3 is 30.1 Å². The van der Waals surface area contributed by atoms with Crippen LogP contribution in [0.2, 0.25) is 0 Å². The van der Waals surface area contributed by atoms with Crippen molar-refractivity contribution in [1.82, 2.24) is 10.2 Å². The lowest BCUT2D eigenvalue weighted by Crippen LogP contribution is -2.55. The molecule has 1 aliphatic rings. The molecular weight excluding hydrogens is 477 g/mol. The molecule has 3 aromatic carbocycles. The molecule has 3 aromatic rings. The third kappa shape index (κ3) is 7.05. The molecule has 2 atom stereocenters. The van der Waals surface area contributed by atoms with E-state index in [9.17, 15) is 24.2 Å². The summed E-state index contributed by atoms with van der Waals surface area (Å²) in [6, 6.07) is 22.9. The number of para-hydroxylation sites is 1. The van der Waals surface area contributed by atoms with Gasteiger partial charge in [-0.1, -0.05) is 42.5 Å². The first kappa shape index (κ1) is 26.1. The topological polar surface area (TPSA) is 102 Å². The maximum atomic E-state index is 13.3. The Hall–Kier alpha value is -3.95. The summed E-state index contributed by atoms with van der Waals surface area (Å²) in [5.74, 6) is -1.26. The van der Waals surface area contributed by atoms with Crippen molar-refractivity contribution in [2.24, 2.45) is 0 Å². The molecule has 8 nitrogen and oxygen atoms in total. The van der Waals surface area contributed by atoms with E-state index < -0.39 is 24.0 Å². The fraction of sp³-hybridized carbons (Fsp3) is 0.286. The Kier molecular flexibility index (Phi) is 8.71. The lowest BCUT2D eigenvalue weighted by Gasteiger charge is -2.37. The summed E-state index contributed by atoms with van der Waals surface area (Å²) in [6.07, 6.45) is -3.73. The molecule has 3 N–H and O–H groups in total. The number of amides is 2. The van der Waals surface area contributed by atoms with Crippen LogP contribution in [-0.4, -0.2) is 65.3 Å². The first-order valence-corrected chi connectivity index (χ1v) is 12.1. The average Bonchev–Trinajstić information content (AvgIpc) is 2.94. The van der Waals surface area contributed by atoms with Crippen LogP contribution in [0.1, 0.15) is 11.1 Å². The number of anilines is 1. The fourth-order valence-corrected chi connectivity index (χ4v) is 4.08. The summed E-state index contributed by atoms with van der Waals surface area (Å²) in [7, 11) is 0. The number of aliphatic hydroxyl groups excluding tert-OH is 2. The Morgan fingerprint density at radius 2 is 1.57 bits per heavy atom. The third-order valence-electron chi connectivity index (χ3n) is 6.22. The van der Waals surface area contributed by atoms with Crippen LogP contribution in [0, 0.1) is 5.82 Å². The van der Waals surface area contributed by atoms with Gasteiger partial charge in [0, 0.05) is 38.4 Å². The first-order chi connectivity index (χ1) is 17.9. The van der Waals surface area contributed by atoms with Crippen molar-refractivity contribution in [3.8, 4) is 5.75 Å². The van der Waals surface area contributed by atoms with Gasteiger partial charge >= 0.3 is 0 Å². The van der Waals surface area contributed by atoms with Crippen molar-refractivity contribution in [2.45, 2.75) is 25.4 Å². The quantitative estimate of drug-likeness (QED) is 0.410. The molecule has 1 aliphatic heterocycles. The van der Waals surface area contributed by atoms with Gasteiger partial charge in [0.1, 0.15) is 18.2 Å². The lowest BCUT2D eigenvalue weighted by atomic mass is 10.1. The molecule has 0 aromatic heterocycles. The summed E-state index contributed by atoms with van der Waals surface area (Å²) >= 11 is 0. The van der Waals surface area contributed by atoms with E-state index in [1.54, 1.807) is 36.4 Å². The average molecular weight is 508 g/mol. The molecule has 0 bridgehead atoms. The second-order valence-electron chi connectivity index (χ2n) is 8.82. The predicted octanol–water partition coefficient (Wildman–Crippen LogP) is 2.09. The normalized spacial score (nSPS) is 15.1. The fourth-order valence-electron chi connectivity index (χ4n) is 4.08. The number of benzene rings is 3. The number of piperazine rings is 1. The van der Waals surface area contributed by atoms with Crippen LogP contribution >= 0.6 is 0 Å². The Labute approximate surface area is 214 Å². The van der Waals surface area contributed by atoms with E-state index in [-0.39, 0.29) is 19.0 Å². The second kappa shape index (κ2) is 12.3. The Morgan fingerprint density at radius 3 is 2.24 bits per heavy atom. The Morgan fingerprint density at radius 1 is 0.865 bits per heavy atom. The van der Waals surface area contributed by atoms with E-state index >= 15 is 0 Å². The predicted molar refractivity (Wildman–Crippen MR) is 136 cm³/mol. The molecule has 4 rings (SSSR count). The lowest BCUT2D eigenvalue weighted by molar-refractivity contribution is -0.153. The van der Waals surface area contributed by atoms with Crippen molar-refractivity contribution in [2.75, 3.05) is 31.1 Å². The van der Waals surface area contributed by atoms with E-state index in [2.05, 4.69) is 10.2 Å². The minimum Gasteiger partial charge on any atom is -0.489 e. The van der Waals surface area contributed by atoms with Crippen LogP contribution in [0.25, 0.3) is 0 Å². The molecule has 0 spiro atoms. The monoisotopic (exact) mass is 507 g/mol. The van der Waals surface area contributed by atoms with Gasteiger partial charge in [0.25, 0.3) is 11.8 Å². The molecular formula is C28H30FN3O5. The molecule has 0 radical (unpaired) electrons. The molecule has 1 unspecified atom stereocenters. The highest BCUT2D eigenvalue weighted by atomic mass is 19.1. The number of aliphatic hydroxyl groups is 2. The van der Waals surface area contributed by atoms with Crippen LogP contribution in [0.3, 0.4) is 0 Å². The van der Waals surface area contributed by atoms with Gasteiger partial charge in [0.15, 0.2) is 12.2 Å². The zero-order valence-corrected chi connectivity index (χ0v) is 20.3. The van der Waals surface area contributed by atoms with Crippen LogP contribution < -0.4 is 15.0 Å². The van der Waals surface area contributed by atoms with Crippen LogP contribution in [0.15, 0.2) is 78.9 Å². The molecule has 37 heavy (non-hydrogen) atoms. The molecule has 2 amide bonds. The first-order valence-electron chi connectivity index (χ1n) is 12.1. The summed E-state index contributed by atoms with van der Waals surface area (Å²) in [4.78, 5) is 28.6. The highest BCUT2D eigenvalue weighted by Gasteiger charge is 2.34. The number of carbonyl (C=O) groups is 2. The minimum absolute atomic E-state index is 0.0940. The van der Waals surface area contributed by atoms with Gasteiger partial charge in [-0.3, -0.25) is 9.59 Å². The van der Waals surface area contributed by atoms with Gasteiger partial charge in [-0.05, 0) is 47.5 Å². The molecule has 1 saturated heterocycles. The highest BCUT2D eigenvalue weighted by Crippen LogP contribution is 2.17. The maximum Gasteiger partial charge on any atom is 0.254 e. The largest absolute Gasteiger partial charge is 0.489 e. The van der Waals surface area contributed by atoms with Crippen LogP contribution in [0.5, 0.6) is 5.75 Å². The number of rotatable bonds is 9. The standard InChI is InChI=1S/C28H30FN3O5/c29-22-6-4-5-21(17-22)19-37-24-11-9-20(10-12-24)18-30-27(35)25(33)26(34)28(36)32-15-13-31(14-16-32)23-7-2-1-3-8-23/h1-12,17,25-26,33-34H,13-16,18-19H2,(H,30,35)/t25?,26-/m1/s1. The summed E-state index contributed by atoms with van der Waals surface area (Å²) < 4.78 is 18.9. The molecule has 9 heteroatoms. The number of nitrogens with zero attached hydrogens (tertiary/aromatic N) is 2. The van der Waals surface area contributed by atoms with Gasteiger partial charge in [-0.25, -0.2) is 4.39 Å². The number of halogens is 1. The van der Waals surface area contributed by atoms with E-state index in [0.717, 1.165) is 11.3 Å². The number of ether oxygens (including phenoxy) is 1. The number of carbonyl (C=O) groups excluding carboxylic acids is 2. The van der Waals surface area contributed by atoms with Gasteiger partial charge in [0.2, 0.25) is 0 Å². The molecule has 1 fully saturated rings. The molecule has 0 saturated carbocycles. The maximum absolute atomic E-state index is 13.3. The minimum atomic E-state index is -1.88. The van der Waals surface area contributed by atoms with E-state index in [0.29, 0.717) is 37.5 Å². The molecule has 0 aliphatic carbocycles. The Balaban J connectivity index is 1.21. The molecule has 194 valence electrons. The summed E-state index contributed by atoms with van der Waals surface area (Å²) in [6.45, 7) is 2.25. The van der Waals surface area contributed by atoms with Gasteiger partial charge in [-0.2, -0.15) is 0 Å². The van der Waals surface area contributed by atoms with E-state index in [4.69, 9.17) is 4.74 Å². The van der Waals surface area contributed by atoms with E-state index in [1.165, 1.54) is 17.0 Å². The molecule has 1 heterocycles. The van der Waals surface area contributed by atoms with Crippen molar-refractivity contribution < 1.29 is 28.9 Å². The van der Waals surface area contributed by atoms with Crippen molar-refractivity contribution in [3.05, 3.63) is 95.8 Å². The van der Waals surface area contributed by atoms with E-state index in [1.807, 2.05) is 30.3 Å². The second-order valence-corrected chi connectivity index (χ2v) is 8.82. The zero-order valence-electron chi connectivity index (χ0n) is 20.3. The van der Waals surface area contributed by atoms with Crippen molar-refractivity contribution in [1.29, 1.82) is 0 Å². The number of hydrogen-bond acceptors (Lipinski definition) is 6. The van der Waals surface area contributed by atoms with Gasteiger partial charge in [-0.15, -0.1) is 0 Å². The summed E-state index contributed by atoms with van der Waals surface area (Å²) in [5.41, 5.74) is 2.49. The smallest absolute Gasteiger partial charge is 0.254 e. The van der Waals surface area contributed by atoms with Crippen LogP contribution in [-0.2, 0) is 22.7 Å². The van der Waals surface area contributed by atoms with Crippen LogP contribution in [0.4, 0.5) is 10.1 Å². The van der Waals surface area contributed by atoms with Crippen molar-refractivity contribution in [3.63, 3.8) is 0 Å². The van der Waals surface area contributed by atoms with Crippen molar-refractivity contribution >= 4 is 17.5 Å². The highest BCUT2D eigenvalue weighted by molar-refractivity contribution is 5.90. The van der Waals surface area contributed by atoms with Gasteiger partial charge in [0.05, 0.1) is 0 Å². The third-order valence-corrected chi connectivity index (χ3v) is 6.22. The number of hydrogen-bond donors (Lipinski definition) is 3.